The third-order valence-electron chi connectivity index (χ3n) is 5.32. The Hall–Kier alpha value is -1.52. The van der Waals surface area contributed by atoms with Gasteiger partial charge in [-0.2, -0.15) is 0 Å². The Balaban J connectivity index is 1.77. The van der Waals surface area contributed by atoms with Gasteiger partial charge in [-0.25, -0.2) is 4.79 Å². The molecule has 0 unspecified atom stereocenters. The minimum absolute atomic E-state index is 0.0199. The summed E-state index contributed by atoms with van der Waals surface area (Å²) in [5, 5.41) is 69.3. The summed E-state index contributed by atoms with van der Waals surface area (Å²) in [5.74, 6) is -1.20. The van der Waals surface area contributed by atoms with Crippen LogP contribution in [0.4, 0.5) is 0 Å². The summed E-state index contributed by atoms with van der Waals surface area (Å²) >= 11 is 4.06. The van der Waals surface area contributed by atoms with Gasteiger partial charge < -0.3 is 54.7 Å². The first kappa shape index (κ1) is 25.1. The van der Waals surface area contributed by atoms with Gasteiger partial charge in [0.1, 0.15) is 72.2 Å². The number of aromatic carboxylic acids is 1. The highest BCUT2D eigenvalue weighted by Crippen LogP contribution is 2.31. The number of hydrogen-bond donors (Lipinski definition) is 8. The molecule has 0 aliphatic carbocycles. The SMILES string of the molecule is O=C(O)c1ccccc1OC[C@H]1O[C@@H](S)[C@H](O)[C@@H](O)[C@@H]1O[C@@H]1O[C@H](CO)[C@@H](O)[C@H](O)[C@H]1O. The molecule has 0 saturated carbocycles. The number of aliphatic hydroxyl groups is 6. The Labute approximate surface area is 187 Å². The first-order valence-corrected chi connectivity index (χ1v) is 10.3. The van der Waals surface area contributed by atoms with Crippen LogP contribution in [0.25, 0.3) is 0 Å². The molecule has 2 aliphatic heterocycles. The fourth-order valence-electron chi connectivity index (χ4n) is 3.50. The predicted octanol–water partition coefficient (Wildman–Crippen LogP) is -2.67. The number of thiol groups is 1. The van der Waals surface area contributed by atoms with Gasteiger partial charge in [0, 0.05) is 0 Å². The fraction of sp³-hybridized carbons (Fsp3) is 0.632. The first-order chi connectivity index (χ1) is 15.1. The highest BCUT2D eigenvalue weighted by Gasteiger charge is 2.50. The summed E-state index contributed by atoms with van der Waals surface area (Å²) in [6, 6.07) is 5.83. The molecule has 0 spiro atoms. The Morgan fingerprint density at radius 2 is 1.62 bits per heavy atom. The van der Waals surface area contributed by atoms with E-state index in [1.54, 1.807) is 6.07 Å². The van der Waals surface area contributed by atoms with Crippen LogP contribution < -0.4 is 4.74 Å². The van der Waals surface area contributed by atoms with Crippen molar-refractivity contribution in [2.24, 2.45) is 0 Å². The van der Waals surface area contributed by atoms with Crippen LogP contribution in [0.1, 0.15) is 10.4 Å². The van der Waals surface area contributed by atoms with Crippen molar-refractivity contribution in [2.75, 3.05) is 13.2 Å². The fourth-order valence-corrected chi connectivity index (χ4v) is 3.83. The summed E-state index contributed by atoms with van der Waals surface area (Å²) in [7, 11) is 0. The van der Waals surface area contributed by atoms with E-state index >= 15 is 0 Å². The highest BCUT2D eigenvalue weighted by atomic mass is 32.1. The molecule has 1 aromatic carbocycles. The monoisotopic (exact) mass is 478 g/mol. The summed E-state index contributed by atoms with van der Waals surface area (Å²) in [6.07, 6.45) is -13.5. The smallest absolute Gasteiger partial charge is 0.339 e. The lowest BCUT2D eigenvalue weighted by molar-refractivity contribution is -0.337. The van der Waals surface area contributed by atoms with Crippen molar-refractivity contribution in [3.05, 3.63) is 29.8 Å². The van der Waals surface area contributed by atoms with Gasteiger partial charge in [-0.3, -0.25) is 0 Å². The zero-order chi connectivity index (χ0) is 23.6. The molecule has 13 heteroatoms. The summed E-state index contributed by atoms with van der Waals surface area (Å²) in [5.41, 5.74) is -1.25. The summed E-state index contributed by atoms with van der Waals surface area (Å²) in [6.45, 7) is -1.03. The molecule has 0 amide bonds. The van der Waals surface area contributed by atoms with Crippen molar-refractivity contribution in [3.8, 4) is 5.75 Å². The molecule has 3 rings (SSSR count). The number of benzene rings is 1. The van der Waals surface area contributed by atoms with E-state index in [0.717, 1.165) is 0 Å². The normalized spacial score (nSPS) is 40.1. The van der Waals surface area contributed by atoms with Gasteiger partial charge in [-0.1, -0.05) is 12.1 Å². The van der Waals surface area contributed by atoms with Crippen LogP contribution in [-0.2, 0) is 14.2 Å². The second-order valence-electron chi connectivity index (χ2n) is 7.46. The van der Waals surface area contributed by atoms with Crippen molar-refractivity contribution in [2.45, 2.75) is 60.6 Å². The van der Waals surface area contributed by atoms with Crippen molar-refractivity contribution in [3.63, 3.8) is 0 Å². The second-order valence-corrected chi connectivity index (χ2v) is 7.97. The van der Waals surface area contributed by atoms with E-state index in [4.69, 9.17) is 18.9 Å². The molecule has 2 heterocycles. The van der Waals surface area contributed by atoms with E-state index in [2.05, 4.69) is 12.6 Å². The topological polar surface area (TPSA) is 196 Å². The third-order valence-corrected chi connectivity index (χ3v) is 5.75. The Morgan fingerprint density at radius 1 is 0.938 bits per heavy atom. The van der Waals surface area contributed by atoms with Gasteiger partial charge in [0.05, 0.1) is 6.61 Å². The van der Waals surface area contributed by atoms with Crippen molar-refractivity contribution in [1.29, 1.82) is 0 Å². The lowest BCUT2D eigenvalue weighted by Gasteiger charge is -2.45. The maximum atomic E-state index is 11.4. The molecule has 2 aliphatic rings. The Bertz CT molecular complexity index is 778. The number of rotatable bonds is 7. The molecule has 10 atom stereocenters. The number of carboxylic acids is 1. The number of ether oxygens (including phenoxy) is 4. The summed E-state index contributed by atoms with van der Waals surface area (Å²) in [4.78, 5) is 11.4. The quantitative estimate of drug-likeness (QED) is 0.190. The molecule has 1 aromatic rings. The Kier molecular flexibility index (Phi) is 8.32. The zero-order valence-electron chi connectivity index (χ0n) is 16.6. The molecule has 2 fully saturated rings. The average molecular weight is 478 g/mol. The lowest BCUT2D eigenvalue weighted by atomic mass is 9.97. The second kappa shape index (κ2) is 10.6. The van der Waals surface area contributed by atoms with Gasteiger partial charge in [0.15, 0.2) is 6.29 Å². The van der Waals surface area contributed by atoms with Crippen LogP contribution in [0.3, 0.4) is 0 Å². The predicted molar refractivity (Wildman–Crippen MR) is 107 cm³/mol. The van der Waals surface area contributed by atoms with E-state index in [-0.39, 0.29) is 17.9 Å². The molecule has 180 valence electrons. The molecule has 0 bridgehead atoms. The van der Waals surface area contributed by atoms with Gasteiger partial charge in [0.2, 0.25) is 0 Å². The largest absolute Gasteiger partial charge is 0.490 e. The third kappa shape index (κ3) is 5.17. The first-order valence-electron chi connectivity index (χ1n) is 9.76. The molecule has 2 saturated heterocycles. The maximum absolute atomic E-state index is 11.4. The standard InChI is InChI=1S/C19H26O12S/c20-5-9-11(21)12(22)14(24)18(29-9)31-16-10(30-19(32)15(25)13(16)23)6-28-8-4-2-1-3-7(8)17(26)27/h1-4,9-16,18-25,32H,5-6H2,(H,26,27)/t9-,10-,11-,12+,13-,14-,15-,16-,18+,19+/m1/s1. The minimum Gasteiger partial charge on any atom is -0.490 e. The average Bonchev–Trinajstić information content (AvgIpc) is 2.78. The molecule has 12 nitrogen and oxygen atoms in total. The van der Waals surface area contributed by atoms with Gasteiger partial charge in [0.25, 0.3) is 0 Å². The highest BCUT2D eigenvalue weighted by molar-refractivity contribution is 7.80. The number of carbonyl (C=O) groups is 1. The number of aliphatic hydroxyl groups excluding tert-OH is 6. The van der Waals surface area contributed by atoms with Crippen molar-refractivity contribution in [1.82, 2.24) is 0 Å². The maximum Gasteiger partial charge on any atom is 0.339 e. The number of carboxylic acid groups (broad SMARTS) is 1. The number of para-hydroxylation sites is 1. The van der Waals surface area contributed by atoms with E-state index in [9.17, 15) is 40.5 Å². The molecule has 7 N–H and O–H groups in total. The molecular formula is C19H26O12S. The van der Waals surface area contributed by atoms with E-state index in [1.165, 1.54) is 18.2 Å². The van der Waals surface area contributed by atoms with Crippen molar-refractivity contribution >= 4 is 18.6 Å². The van der Waals surface area contributed by atoms with Crippen LogP contribution in [0, 0.1) is 0 Å². The minimum atomic E-state index is -1.75. The van der Waals surface area contributed by atoms with E-state index in [0.29, 0.717) is 0 Å². The van der Waals surface area contributed by atoms with Crippen LogP contribution in [-0.4, -0.2) is 115 Å². The number of hydrogen-bond acceptors (Lipinski definition) is 12. The van der Waals surface area contributed by atoms with Gasteiger partial charge >= 0.3 is 5.97 Å². The van der Waals surface area contributed by atoms with Crippen LogP contribution in [0.2, 0.25) is 0 Å². The van der Waals surface area contributed by atoms with Gasteiger partial charge in [-0.15, -0.1) is 12.6 Å². The van der Waals surface area contributed by atoms with E-state index in [1.807, 2.05) is 0 Å². The molecular weight excluding hydrogens is 452 g/mol. The molecule has 0 radical (unpaired) electrons. The lowest BCUT2D eigenvalue weighted by Crippen LogP contribution is -2.64. The molecule has 32 heavy (non-hydrogen) atoms. The van der Waals surface area contributed by atoms with Crippen molar-refractivity contribution < 1.29 is 59.5 Å². The van der Waals surface area contributed by atoms with Crippen LogP contribution in [0.15, 0.2) is 24.3 Å². The van der Waals surface area contributed by atoms with Crippen LogP contribution >= 0.6 is 12.6 Å². The summed E-state index contributed by atoms with van der Waals surface area (Å²) < 4.78 is 22.0. The van der Waals surface area contributed by atoms with Crippen LogP contribution in [0.5, 0.6) is 5.75 Å². The van der Waals surface area contributed by atoms with Gasteiger partial charge in [-0.05, 0) is 12.1 Å². The molecule has 0 aromatic heterocycles. The Morgan fingerprint density at radius 3 is 2.28 bits per heavy atom. The van der Waals surface area contributed by atoms with E-state index < -0.39 is 73.1 Å². The zero-order valence-corrected chi connectivity index (χ0v) is 17.5.